The molecule has 11 nitrogen and oxygen atoms in total. The predicted octanol–water partition coefficient (Wildman–Crippen LogP) is 1.37. The third-order valence-corrected chi connectivity index (χ3v) is 12.4. The Bertz CT molecular complexity index is 991. The second-order valence-corrected chi connectivity index (χ2v) is 14.3. The quantitative estimate of drug-likeness (QED) is 0.214. The first kappa shape index (κ1) is 31.1. The molecule has 41 heavy (non-hydrogen) atoms. The normalized spacial score (nSPS) is 52.1. The van der Waals surface area contributed by atoms with E-state index in [4.69, 9.17) is 9.47 Å². The van der Waals surface area contributed by atoms with Gasteiger partial charge in [-0.15, -0.1) is 0 Å². The SMILES string of the molecule is CC(CCC(=O)O)C1CCC2C3C(O)C(OC4OC(C(=O)O)C(O)C(O)C4O)C4CC(O)CCC4(C)C3CCC12C. The fraction of sp³-hybridized carbons (Fsp3) is 0.933. The molecular weight excluding hydrogens is 536 g/mol. The summed E-state index contributed by atoms with van der Waals surface area (Å²) >= 11 is 0. The van der Waals surface area contributed by atoms with Crippen LogP contribution < -0.4 is 0 Å². The van der Waals surface area contributed by atoms with Crippen LogP contribution in [0, 0.1) is 46.3 Å². The van der Waals surface area contributed by atoms with Crippen LogP contribution in [0.25, 0.3) is 0 Å². The minimum Gasteiger partial charge on any atom is -0.481 e. The van der Waals surface area contributed by atoms with Gasteiger partial charge in [-0.3, -0.25) is 4.79 Å². The molecule has 1 saturated heterocycles. The number of carbonyl (C=O) groups is 2. The van der Waals surface area contributed by atoms with E-state index < -0.39 is 61.0 Å². The van der Waals surface area contributed by atoms with Crippen molar-refractivity contribution in [3.8, 4) is 0 Å². The fourth-order valence-electron chi connectivity index (χ4n) is 10.2. The van der Waals surface area contributed by atoms with E-state index in [0.29, 0.717) is 25.2 Å². The lowest BCUT2D eigenvalue weighted by Crippen LogP contribution is -2.67. The summed E-state index contributed by atoms with van der Waals surface area (Å²) in [5.74, 6) is -1.83. The predicted molar refractivity (Wildman–Crippen MR) is 143 cm³/mol. The fourth-order valence-corrected chi connectivity index (χ4v) is 10.2. The lowest BCUT2D eigenvalue weighted by Gasteiger charge is -2.64. The van der Waals surface area contributed by atoms with E-state index in [0.717, 1.165) is 32.1 Å². The number of fused-ring (bicyclic) bond motifs is 5. The number of aliphatic carboxylic acids is 2. The van der Waals surface area contributed by atoms with Crippen LogP contribution in [0.1, 0.15) is 78.6 Å². The Morgan fingerprint density at radius 1 is 0.854 bits per heavy atom. The zero-order valence-corrected chi connectivity index (χ0v) is 24.2. The van der Waals surface area contributed by atoms with Crippen molar-refractivity contribution in [1.82, 2.24) is 0 Å². The van der Waals surface area contributed by atoms with Crippen molar-refractivity contribution in [2.45, 2.75) is 128 Å². The van der Waals surface area contributed by atoms with Gasteiger partial charge in [0, 0.05) is 6.42 Å². The second-order valence-electron chi connectivity index (χ2n) is 14.3. The highest BCUT2D eigenvalue weighted by Crippen LogP contribution is 2.68. The van der Waals surface area contributed by atoms with Gasteiger partial charge in [0.1, 0.15) is 18.3 Å². The Labute approximate surface area is 240 Å². The van der Waals surface area contributed by atoms with E-state index in [-0.39, 0.29) is 46.8 Å². The molecule has 5 rings (SSSR count). The third kappa shape index (κ3) is 5.13. The number of rotatable bonds is 7. The average molecular weight is 585 g/mol. The zero-order valence-electron chi connectivity index (χ0n) is 24.2. The molecule has 0 aromatic carbocycles. The number of carboxylic acids is 2. The van der Waals surface area contributed by atoms with Gasteiger partial charge >= 0.3 is 11.9 Å². The molecule has 4 aliphatic carbocycles. The Hall–Kier alpha value is -1.34. The highest BCUT2D eigenvalue weighted by molar-refractivity contribution is 5.73. The second kappa shape index (κ2) is 11.3. The van der Waals surface area contributed by atoms with Crippen LogP contribution in [0.3, 0.4) is 0 Å². The van der Waals surface area contributed by atoms with Crippen LogP contribution in [0.15, 0.2) is 0 Å². The number of hydrogen-bond acceptors (Lipinski definition) is 9. The van der Waals surface area contributed by atoms with E-state index in [1.54, 1.807) is 0 Å². The van der Waals surface area contributed by atoms with Gasteiger partial charge in [-0.25, -0.2) is 4.79 Å². The first-order valence-corrected chi connectivity index (χ1v) is 15.4. The van der Waals surface area contributed by atoms with E-state index in [1.807, 2.05) is 0 Å². The Balaban J connectivity index is 1.45. The van der Waals surface area contributed by atoms with Crippen molar-refractivity contribution in [2.75, 3.05) is 0 Å². The van der Waals surface area contributed by atoms with Crippen LogP contribution in [0.5, 0.6) is 0 Å². The smallest absolute Gasteiger partial charge is 0.335 e. The van der Waals surface area contributed by atoms with Crippen LogP contribution in [0.4, 0.5) is 0 Å². The van der Waals surface area contributed by atoms with Crippen molar-refractivity contribution in [3.63, 3.8) is 0 Å². The van der Waals surface area contributed by atoms with Gasteiger partial charge in [0.2, 0.25) is 0 Å². The molecule has 234 valence electrons. The van der Waals surface area contributed by atoms with E-state index in [2.05, 4.69) is 20.8 Å². The number of carboxylic acid groups (broad SMARTS) is 2. The summed E-state index contributed by atoms with van der Waals surface area (Å²) < 4.78 is 11.7. The molecular formula is C30H48O11. The maximum absolute atomic E-state index is 12.1. The standard InChI is InChI=1S/C30H48O11/c1-13(4-7-19(32)33)15-5-6-16-20-17(9-11-29(15,16)2)30(3)10-8-14(31)12-18(30)25(21(20)34)40-28-24(37)22(35)23(36)26(41-28)27(38)39/h13-18,20-26,28,31,34-37H,4-12H2,1-3H3,(H,32,33)(H,38,39). The summed E-state index contributed by atoms with van der Waals surface area (Å²) in [4.78, 5) is 23.0. The minimum atomic E-state index is -1.85. The molecule has 7 N–H and O–H groups in total. The highest BCUT2D eigenvalue weighted by Gasteiger charge is 2.66. The van der Waals surface area contributed by atoms with Crippen molar-refractivity contribution >= 4 is 11.9 Å². The first-order valence-electron chi connectivity index (χ1n) is 15.4. The molecule has 0 aromatic heterocycles. The molecule has 16 unspecified atom stereocenters. The van der Waals surface area contributed by atoms with Gasteiger partial charge < -0.3 is 45.2 Å². The summed E-state index contributed by atoms with van der Waals surface area (Å²) in [6.45, 7) is 6.62. The summed E-state index contributed by atoms with van der Waals surface area (Å²) in [6.07, 6.45) is -5.00. The van der Waals surface area contributed by atoms with Gasteiger partial charge in [0.25, 0.3) is 0 Å². The van der Waals surface area contributed by atoms with Crippen LogP contribution in [-0.2, 0) is 19.1 Å². The molecule has 5 fully saturated rings. The summed E-state index contributed by atoms with van der Waals surface area (Å²) in [5.41, 5.74) is -0.371. The number of ether oxygens (including phenoxy) is 2. The monoisotopic (exact) mass is 584 g/mol. The number of aliphatic hydroxyl groups is 5. The van der Waals surface area contributed by atoms with Gasteiger partial charge in [0.05, 0.1) is 18.3 Å². The molecule has 4 saturated carbocycles. The number of aliphatic hydroxyl groups excluding tert-OH is 5. The molecule has 0 radical (unpaired) electrons. The Morgan fingerprint density at radius 3 is 2.17 bits per heavy atom. The molecule has 16 atom stereocenters. The first-order chi connectivity index (χ1) is 19.2. The maximum atomic E-state index is 12.1. The molecule has 0 aromatic rings. The van der Waals surface area contributed by atoms with Crippen molar-refractivity contribution < 1.29 is 54.8 Å². The third-order valence-electron chi connectivity index (χ3n) is 12.4. The van der Waals surface area contributed by atoms with E-state index >= 15 is 0 Å². The van der Waals surface area contributed by atoms with Crippen LogP contribution in [-0.4, -0.2) is 96.7 Å². The Morgan fingerprint density at radius 2 is 1.51 bits per heavy atom. The molecule has 1 heterocycles. The molecule has 11 heteroatoms. The highest BCUT2D eigenvalue weighted by atomic mass is 16.7. The number of hydrogen-bond donors (Lipinski definition) is 7. The average Bonchev–Trinajstić information content (AvgIpc) is 3.27. The summed E-state index contributed by atoms with van der Waals surface area (Å²) in [7, 11) is 0. The lowest BCUT2D eigenvalue weighted by molar-refractivity contribution is -0.335. The lowest BCUT2D eigenvalue weighted by atomic mass is 9.43. The van der Waals surface area contributed by atoms with Crippen LogP contribution in [0.2, 0.25) is 0 Å². The van der Waals surface area contributed by atoms with Crippen molar-refractivity contribution in [1.29, 1.82) is 0 Å². The molecule has 0 spiro atoms. The van der Waals surface area contributed by atoms with Crippen LogP contribution >= 0.6 is 0 Å². The summed E-state index contributed by atoms with van der Waals surface area (Å²) in [6, 6.07) is 0. The van der Waals surface area contributed by atoms with Gasteiger partial charge in [-0.05, 0) is 97.7 Å². The maximum Gasteiger partial charge on any atom is 0.335 e. The van der Waals surface area contributed by atoms with Gasteiger partial charge in [0.15, 0.2) is 12.4 Å². The molecule has 0 bridgehead atoms. The molecule has 1 aliphatic heterocycles. The van der Waals surface area contributed by atoms with E-state index in [9.17, 15) is 45.3 Å². The Kier molecular flexibility index (Phi) is 8.57. The summed E-state index contributed by atoms with van der Waals surface area (Å²) in [5, 5.41) is 72.9. The van der Waals surface area contributed by atoms with Gasteiger partial charge in [-0.1, -0.05) is 20.8 Å². The van der Waals surface area contributed by atoms with Gasteiger partial charge in [-0.2, -0.15) is 0 Å². The molecule has 5 aliphatic rings. The minimum absolute atomic E-state index is 0.0858. The van der Waals surface area contributed by atoms with E-state index in [1.165, 1.54) is 0 Å². The topological polar surface area (TPSA) is 194 Å². The largest absolute Gasteiger partial charge is 0.481 e. The van der Waals surface area contributed by atoms with Crippen molar-refractivity contribution in [2.24, 2.45) is 46.3 Å². The van der Waals surface area contributed by atoms with Crippen molar-refractivity contribution in [3.05, 3.63) is 0 Å². The zero-order chi connectivity index (χ0) is 30.0. The molecule has 0 amide bonds.